The van der Waals surface area contributed by atoms with Crippen LogP contribution in [-0.2, 0) is 11.2 Å². The SMILES string of the molecule is COc1ccc(CCC(=O)c2ccc(O[C@@H]3O[C@H](CO)[C@@H](O)[C@H](O)[C@H]3O)cc2O)cc1. The molecule has 2 aromatic rings. The van der Waals surface area contributed by atoms with Crippen molar-refractivity contribution in [2.45, 2.75) is 43.5 Å². The predicted molar refractivity (Wildman–Crippen MR) is 108 cm³/mol. The Balaban J connectivity index is 1.63. The van der Waals surface area contributed by atoms with Gasteiger partial charge < -0.3 is 39.7 Å². The Kier molecular flexibility index (Phi) is 7.47. The van der Waals surface area contributed by atoms with Gasteiger partial charge in [0.15, 0.2) is 5.78 Å². The Morgan fingerprint density at radius 2 is 1.68 bits per heavy atom. The lowest BCUT2D eigenvalue weighted by molar-refractivity contribution is -0.277. The van der Waals surface area contributed by atoms with Crippen LogP contribution >= 0.6 is 0 Å². The third kappa shape index (κ3) is 5.33. The van der Waals surface area contributed by atoms with Gasteiger partial charge in [0.25, 0.3) is 0 Å². The van der Waals surface area contributed by atoms with Gasteiger partial charge in [-0.15, -0.1) is 0 Å². The summed E-state index contributed by atoms with van der Waals surface area (Å²) < 4.78 is 15.8. The molecule has 1 saturated heterocycles. The van der Waals surface area contributed by atoms with Crippen LogP contribution in [0.25, 0.3) is 0 Å². The molecule has 0 saturated carbocycles. The maximum absolute atomic E-state index is 12.5. The summed E-state index contributed by atoms with van der Waals surface area (Å²) in [4.78, 5) is 12.5. The minimum atomic E-state index is -1.58. The minimum Gasteiger partial charge on any atom is -0.507 e. The molecular formula is C22H26O9. The maximum Gasteiger partial charge on any atom is 0.229 e. The van der Waals surface area contributed by atoms with Gasteiger partial charge in [-0.1, -0.05) is 12.1 Å². The average Bonchev–Trinajstić information content (AvgIpc) is 2.78. The van der Waals surface area contributed by atoms with Gasteiger partial charge in [0.1, 0.15) is 41.7 Å². The molecule has 1 fully saturated rings. The van der Waals surface area contributed by atoms with Crippen molar-refractivity contribution in [1.29, 1.82) is 0 Å². The van der Waals surface area contributed by atoms with E-state index >= 15 is 0 Å². The fourth-order valence-electron chi connectivity index (χ4n) is 3.30. The van der Waals surface area contributed by atoms with Crippen LogP contribution < -0.4 is 9.47 Å². The van der Waals surface area contributed by atoms with Crippen molar-refractivity contribution in [3.05, 3.63) is 53.6 Å². The van der Waals surface area contributed by atoms with E-state index in [4.69, 9.17) is 14.2 Å². The number of aliphatic hydroxyl groups is 4. The molecule has 9 nitrogen and oxygen atoms in total. The molecule has 0 bridgehead atoms. The first-order valence-electron chi connectivity index (χ1n) is 9.80. The van der Waals surface area contributed by atoms with Gasteiger partial charge in [-0.3, -0.25) is 4.79 Å². The lowest BCUT2D eigenvalue weighted by Crippen LogP contribution is -2.60. The van der Waals surface area contributed by atoms with E-state index in [-0.39, 0.29) is 29.3 Å². The summed E-state index contributed by atoms with van der Waals surface area (Å²) in [7, 11) is 1.58. The first-order chi connectivity index (χ1) is 14.8. The van der Waals surface area contributed by atoms with E-state index in [1.54, 1.807) is 7.11 Å². The van der Waals surface area contributed by atoms with E-state index in [1.165, 1.54) is 18.2 Å². The van der Waals surface area contributed by atoms with Crippen molar-refractivity contribution >= 4 is 5.78 Å². The summed E-state index contributed by atoms with van der Waals surface area (Å²) in [6.45, 7) is -0.586. The number of methoxy groups -OCH3 is 1. The van der Waals surface area contributed by atoms with Crippen molar-refractivity contribution in [1.82, 2.24) is 0 Å². The monoisotopic (exact) mass is 434 g/mol. The van der Waals surface area contributed by atoms with Gasteiger partial charge in [-0.25, -0.2) is 0 Å². The van der Waals surface area contributed by atoms with E-state index < -0.39 is 37.3 Å². The molecule has 1 aliphatic rings. The number of aryl methyl sites for hydroxylation is 1. The Morgan fingerprint density at radius 3 is 2.29 bits per heavy atom. The first kappa shape index (κ1) is 23.0. The molecule has 1 aliphatic heterocycles. The molecule has 0 unspecified atom stereocenters. The van der Waals surface area contributed by atoms with Crippen molar-refractivity contribution in [3.63, 3.8) is 0 Å². The van der Waals surface area contributed by atoms with Gasteiger partial charge in [-0.2, -0.15) is 0 Å². The molecule has 31 heavy (non-hydrogen) atoms. The highest BCUT2D eigenvalue weighted by molar-refractivity contribution is 5.98. The van der Waals surface area contributed by atoms with Crippen LogP contribution in [0, 0.1) is 0 Å². The van der Waals surface area contributed by atoms with Crippen LogP contribution in [0.5, 0.6) is 17.2 Å². The molecule has 168 valence electrons. The van der Waals surface area contributed by atoms with Crippen LogP contribution in [0.2, 0.25) is 0 Å². The lowest BCUT2D eigenvalue weighted by Gasteiger charge is -2.39. The average molecular weight is 434 g/mol. The number of aromatic hydroxyl groups is 1. The van der Waals surface area contributed by atoms with Gasteiger partial charge in [-0.05, 0) is 36.2 Å². The number of aliphatic hydroxyl groups excluding tert-OH is 4. The fraction of sp³-hybridized carbons (Fsp3) is 0.409. The van der Waals surface area contributed by atoms with Crippen molar-refractivity contribution < 1.29 is 44.5 Å². The molecular weight excluding hydrogens is 408 g/mol. The van der Waals surface area contributed by atoms with Crippen LogP contribution in [0.1, 0.15) is 22.3 Å². The summed E-state index contributed by atoms with van der Waals surface area (Å²) >= 11 is 0. The minimum absolute atomic E-state index is 0.0773. The molecule has 0 spiro atoms. The van der Waals surface area contributed by atoms with Crippen LogP contribution in [0.4, 0.5) is 0 Å². The number of benzene rings is 2. The number of carbonyl (C=O) groups excluding carboxylic acids is 1. The topological polar surface area (TPSA) is 146 Å². The number of phenolic OH excluding ortho intramolecular Hbond substituents is 1. The summed E-state index contributed by atoms with van der Waals surface area (Å²) in [5.41, 5.74) is 1.07. The number of ether oxygens (including phenoxy) is 3. The highest BCUT2D eigenvalue weighted by atomic mass is 16.7. The zero-order chi connectivity index (χ0) is 22.5. The number of Topliss-reactive ketones (excluding diaryl/α,β-unsaturated/α-hetero) is 1. The zero-order valence-corrected chi connectivity index (χ0v) is 16.9. The quantitative estimate of drug-likeness (QED) is 0.373. The van der Waals surface area contributed by atoms with E-state index in [0.717, 1.165) is 11.3 Å². The molecule has 2 aromatic carbocycles. The second kappa shape index (κ2) is 10.1. The molecule has 0 amide bonds. The van der Waals surface area contributed by atoms with Gasteiger partial charge in [0, 0.05) is 12.5 Å². The van der Waals surface area contributed by atoms with Crippen molar-refractivity contribution in [2.75, 3.05) is 13.7 Å². The molecule has 5 N–H and O–H groups in total. The molecule has 0 aliphatic carbocycles. The van der Waals surface area contributed by atoms with Crippen molar-refractivity contribution in [3.8, 4) is 17.2 Å². The van der Waals surface area contributed by atoms with Crippen LogP contribution in [0.3, 0.4) is 0 Å². The number of carbonyl (C=O) groups is 1. The normalized spacial score (nSPS) is 25.8. The number of hydrogen-bond acceptors (Lipinski definition) is 9. The third-order valence-electron chi connectivity index (χ3n) is 5.17. The van der Waals surface area contributed by atoms with Crippen LogP contribution in [-0.4, -0.2) is 75.7 Å². The van der Waals surface area contributed by atoms with E-state index in [1.807, 2.05) is 24.3 Å². The smallest absolute Gasteiger partial charge is 0.229 e. The molecule has 3 rings (SSSR count). The van der Waals surface area contributed by atoms with E-state index in [0.29, 0.717) is 6.42 Å². The number of phenols is 1. The van der Waals surface area contributed by atoms with E-state index in [2.05, 4.69) is 0 Å². The summed E-state index contributed by atoms with van der Waals surface area (Å²) in [5.74, 6) is 0.241. The van der Waals surface area contributed by atoms with Gasteiger partial charge in [0.05, 0.1) is 19.3 Å². The number of hydrogen-bond donors (Lipinski definition) is 5. The zero-order valence-electron chi connectivity index (χ0n) is 16.9. The Hall–Kier alpha value is -2.69. The summed E-state index contributed by atoms with van der Waals surface area (Å²) in [6.07, 6.45) is -6.48. The molecule has 0 radical (unpaired) electrons. The van der Waals surface area contributed by atoms with Gasteiger partial charge >= 0.3 is 0 Å². The molecule has 5 atom stereocenters. The van der Waals surface area contributed by atoms with Gasteiger partial charge in [0.2, 0.25) is 6.29 Å². The maximum atomic E-state index is 12.5. The summed E-state index contributed by atoms with van der Waals surface area (Å²) in [5, 5.41) is 49.2. The summed E-state index contributed by atoms with van der Waals surface area (Å²) in [6, 6.07) is 11.4. The number of ketones is 1. The predicted octanol–water partition coefficient (Wildman–Crippen LogP) is 0.395. The second-order valence-electron chi connectivity index (χ2n) is 7.27. The lowest BCUT2D eigenvalue weighted by atomic mass is 9.99. The fourth-order valence-corrected chi connectivity index (χ4v) is 3.30. The van der Waals surface area contributed by atoms with Crippen molar-refractivity contribution in [2.24, 2.45) is 0 Å². The standard InChI is InChI=1S/C22H26O9/c1-29-13-5-2-12(3-6-13)4-9-16(24)15-8-7-14(10-17(15)25)30-22-21(28)20(27)19(26)18(11-23)31-22/h2-3,5-8,10,18-23,25-28H,4,9,11H2,1H3/t18-,19-,20+,21-,22-/m1/s1. The van der Waals surface area contributed by atoms with Crippen LogP contribution in [0.15, 0.2) is 42.5 Å². The molecule has 1 heterocycles. The Morgan fingerprint density at radius 1 is 1.00 bits per heavy atom. The highest BCUT2D eigenvalue weighted by Crippen LogP contribution is 2.29. The van der Waals surface area contributed by atoms with E-state index in [9.17, 15) is 30.3 Å². The molecule has 0 aromatic heterocycles. The highest BCUT2D eigenvalue weighted by Gasteiger charge is 2.44. The first-order valence-corrected chi connectivity index (χ1v) is 9.80. The third-order valence-corrected chi connectivity index (χ3v) is 5.17. The Bertz CT molecular complexity index is 881. The molecule has 9 heteroatoms. The second-order valence-corrected chi connectivity index (χ2v) is 7.27. The number of rotatable bonds is 8. The Labute approximate surface area is 179 Å². The largest absolute Gasteiger partial charge is 0.507 e.